The van der Waals surface area contributed by atoms with Gasteiger partial charge in [-0.2, -0.15) is 9.78 Å². The molecule has 0 spiro atoms. The zero-order valence-electron chi connectivity index (χ0n) is 13.7. The largest absolute Gasteiger partial charge is 0.488 e. The molecular weight excluding hydrogens is 339 g/mol. The highest BCUT2D eigenvalue weighted by Crippen LogP contribution is 2.28. The van der Waals surface area contributed by atoms with Gasteiger partial charge in [0.05, 0.1) is 18.4 Å². The summed E-state index contributed by atoms with van der Waals surface area (Å²) < 4.78 is 20.1. The molecule has 1 aliphatic rings. The predicted molar refractivity (Wildman–Crippen MR) is 96.7 cm³/mol. The molecule has 0 N–H and O–H groups in total. The Hall–Kier alpha value is -2.85. The molecule has 2 aromatic rings. The van der Waals surface area contributed by atoms with Gasteiger partial charge in [0.15, 0.2) is 11.6 Å². The zero-order valence-corrected chi connectivity index (χ0v) is 14.5. The van der Waals surface area contributed by atoms with Gasteiger partial charge in [-0.25, -0.2) is 4.39 Å². The first-order chi connectivity index (χ1) is 12.2. The Morgan fingerprint density at radius 1 is 1.36 bits per heavy atom. The number of rotatable bonds is 4. The second-order valence-corrected chi connectivity index (χ2v) is 5.99. The van der Waals surface area contributed by atoms with Crippen LogP contribution in [0.3, 0.4) is 0 Å². The zero-order chi connectivity index (χ0) is 17.8. The second kappa shape index (κ2) is 7.36. The van der Waals surface area contributed by atoms with Crippen molar-refractivity contribution in [3.05, 3.63) is 59.4 Å². The number of terminal acetylenes is 1. The molecule has 0 aliphatic carbocycles. The molecule has 0 amide bonds. The lowest BCUT2D eigenvalue weighted by Crippen LogP contribution is -2.14. The van der Waals surface area contributed by atoms with Crippen LogP contribution in [0.15, 0.2) is 52.4 Å². The van der Waals surface area contributed by atoms with Crippen molar-refractivity contribution in [2.75, 3.05) is 12.9 Å². The molecule has 7 heteroatoms. The molecule has 0 radical (unpaired) electrons. The van der Waals surface area contributed by atoms with Crippen LogP contribution in [0.1, 0.15) is 18.3 Å². The summed E-state index contributed by atoms with van der Waals surface area (Å²) in [6, 6.07) is 6.23. The van der Waals surface area contributed by atoms with Crippen LogP contribution in [0, 0.1) is 18.2 Å². The minimum Gasteiger partial charge on any atom is -0.488 e. The SMILES string of the molecule is C#C/C(OC)=C(\C=C/C)c1nnc2n1N=C(c1ccc(F)cc1)CS2. The summed E-state index contributed by atoms with van der Waals surface area (Å²) in [5, 5.41) is 13.7. The molecule has 25 heavy (non-hydrogen) atoms. The van der Waals surface area contributed by atoms with Gasteiger partial charge in [0.1, 0.15) is 5.82 Å². The molecule has 1 aromatic carbocycles. The van der Waals surface area contributed by atoms with E-state index in [1.54, 1.807) is 16.8 Å². The Labute approximate surface area is 149 Å². The van der Waals surface area contributed by atoms with Crippen molar-refractivity contribution in [3.63, 3.8) is 0 Å². The number of hydrogen-bond donors (Lipinski definition) is 0. The maximum absolute atomic E-state index is 13.1. The van der Waals surface area contributed by atoms with E-state index in [4.69, 9.17) is 11.2 Å². The van der Waals surface area contributed by atoms with Crippen molar-refractivity contribution in [2.24, 2.45) is 5.10 Å². The van der Waals surface area contributed by atoms with E-state index in [2.05, 4.69) is 21.2 Å². The molecule has 0 bridgehead atoms. The third kappa shape index (κ3) is 3.35. The molecule has 1 aromatic heterocycles. The Kier molecular flexibility index (Phi) is 5.00. The van der Waals surface area contributed by atoms with E-state index < -0.39 is 0 Å². The average molecular weight is 354 g/mol. The minimum atomic E-state index is -0.282. The lowest BCUT2D eigenvalue weighted by molar-refractivity contribution is 0.313. The number of ether oxygens (including phenoxy) is 1. The summed E-state index contributed by atoms with van der Waals surface area (Å²) in [4.78, 5) is 0. The second-order valence-electron chi connectivity index (χ2n) is 5.05. The molecule has 0 fully saturated rings. The van der Waals surface area contributed by atoms with Crippen LogP contribution in [0.2, 0.25) is 0 Å². The Bertz CT molecular complexity index is 920. The third-order valence-corrected chi connectivity index (χ3v) is 4.43. The Morgan fingerprint density at radius 2 is 2.12 bits per heavy atom. The molecule has 2 heterocycles. The van der Waals surface area contributed by atoms with E-state index in [0.29, 0.717) is 28.1 Å². The molecule has 0 saturated carbocycles. The summed E-state index contributed by atoms with van der Waals surface area (Å²) in [6.45, 7) is 1.87. The quantitative estimate of drug-likeness (QED) is 0.480. The van der Waals surface area contributed by atoms with Crippen LogP contribution >= 0.6 is 11.8 Å². The van der Waals surface area contributed by atoms with Gasteiger partial charge < -0.3 is 4.74 Å². The lowest BCUT2D eigenvalue weighted by Gasteiger charge is -2.14. The summed E-state index contributed by atoms with van der Waals surface area (Å²) in [7, 11) is 1.51. The molecule has 0 saturated heterocycles. The number of halogens is 1. The monoisotopic (exact) mass is 354 g/mol. The van der Waals surface area contributed by atoms with E-state index in [1.807, 2.05) is 19.1 Å². The van der Waals surface area contributed by atoms with Crippen LogP contribution < -0.4 is 0 Å². The average Bonchev–Trinajstić information content (AvgIpc) is 3.05. The number of methoxy groups -OCH3 is 1. The summed E-state index contributed by atoms with van der Waals surface area (Å²) in [6.07, 6.45) is 9.18. The molecule has 3 rings (SSSR count). The fourth-order valence-electron chi connectivity index (χ4n) is 2.34. The van der Waals surface area contributed by atoms with Crippen molar-refractivity contribution in [2.45, 2.75) is 12.1 Å². The molecule has 0 atom stereocenters. The number of hydrogen-bond acceptors (Lipinski definition) is 5. The van der Waals surface area contributed by atoms with E-state index >= 15 is 0 Å². The van der Waals surface area contributed by atoms with E-state index in [0.717, 1.165) is 11.3 Å². The number of fused-ring (bicyclic) bond motifs is 1. The van der Waals surface area contributed by atoms with Crippen molar-refractivity contribution < 1.29 is 9.13 Å². The number of nitrogens with zero attached hydrogens (tertiary/aromatic N) is 4. The van der Waals surface area contributed by atoms with E-state index in [9.17, 15) is 4.39 Å². The molecular formula is C18H15FN4OS. The normalized spacial score (nSPS) is 14.6. The Balaban J connectivity index is 2.11. The van der Waals surface area contributed by atoms with Crippen molar-refractivity contribution in [1.29, 1.82) is 0 Å². The van der Waals surface area contributed by atoms with Gasteiger partial charge >= 0.3 is 0 Å². The van der Waals surface area contributed by atoms with Gasteiger partial charge in [-0.15, -0.1) is 16.6 Å². The maximum atomic E-state index is 13.1. The van der Waals surface area contributed by atoms with Gasteiger partial charge in [-0.1, -0.05) is 36.0 Å². The topological polar surface area (TPSA) is 52.3 Å². The van der Waals surface area contributed by atoms with E-state index in [-0.39, 0.29) is 5.82 Å². The fourth-order valence-corrected chi connectivity index (χ4v) is 3.18. The first-order valence-corrected chi connectivity index (χ1v) is 8.46. The highest BCUT2D eigenvalue weighted by atomic mass is 32.2. The van der Waals surface area contributed by atoms with Crippen LogP contribution in [0.4, 0.5) is 4.39 Å². The van der Waals surface area contributed by atoms with Crippen LogP contribution in [-0.2, 0) is 4.74 Å². The predicted octanol–water partition coefficient (Wildman–Crippen LogP) is 3.34. The van der Waals surface area contributed by atoms with Crippen LogP contribution in [0.5, 0.6) is 0 Å². The molecule has 1 aliphatic heterocycles. The summed E-state index contributed by atoms with van der Waals surface area (Å²) >= 11 is 1.50. The van der Waals surface area contributed by atoms with Gasteiger partial charge in [-0.3, -0.25) is 0 Å². The highest BCUT2D eigenvalue weighted by molar-refractivity contribution is 7.99. The molecule has 0 unspecified atom stereocenters. The van der Waals surface area contributed by atoms with Gasteiger partial charge in [-0.05, 0) is 30.5 Å². The van der Waals surface area contributed by atoms with Crippen molar-refractivity contribution in [3.8, 4) is 12.3 Å². The van der Waals surface area contributed by atoms with E-state index in [1.165, 1.54) is 31.0 Å². The third-order valence-electron chi connectivity index (χ3n) is 3.50. The maximum Gasteiger partial charge on any atom is 0.212 e. The fraction of sp³-hybridized carbons (Fsp3) is 0.167. The molecule has 5 nitrogen and oxygen atoms in total. The van der Waals surface area contributed by atoms with Gasteiger partial charge in [0.2, 0.25) is 5.16 Å². The summed E-state index contributed by atoms with van der Waals surface area (Å²) in [5.74, 6) is 3.70. The first-order valence-electron chi connectivity index (χ1n) is 7.48. The number of benzene rings is 1. The summed E-state index contributed by atoms with van der Waals surface area (Å²) in [5.41, 5.74) is 2.27. The number of allylic oxidation sites excluding steroid dienone is 4. The van der Waals surface area contributed by atoms with Gasteiger partial charge in [0, 0.05) is 5.75 Å². The van der Waals surface area contributed by atoms with Gasteiger partial charge in [0.25, 0.3) is 0 Å². The first kappa shape index (κ1) is 17.0. The standard InChI is InChI=1S/C18H15FN4OS/c1-4-6-14(16(5-2)24-3)17-20-21-18-23(17)22-15(11-25-18)12-7-9-13(19)10-8-12/h2,4,6-10H,11H2,1,3H3/b6-4-,16-14-. The smallest absolute Gasteiger partial charge is 0.212 e. The number of aromatic nitrogens is 3. The Morgan fingerprint density at radius 3 is 2.76 bits per heavy atom. The van der Waals surface area contributed by atoms with Crippen molar-refractivity contribution >= 4 is 23.0 Å². The minimum absolute atomic E-state index is 0.282. The lowest BCUT2D eigenvalue weighted by atomic mass is 10.1. The van der Waals surface area contributed by atoms with Crippen LogP contribution in [-0.4, -0.2) is 33.4 Å². The molecule has 126 valence electrons. The van der Waals surface area contributed by atoms with Crippen molar-refractivity contribution in [1.82, 2.24) is 14.9 Å². The number of thioether (sulfide) groups is 1. The van der Waals surface area contributed by atoms with Crippen LogP contribution in [0.25, 0.3) is 5.57 Å². The highest BCUT2D eigenvalue weighted by Gasteiger charge is 2.22.